The maximum Gasteiger partial charge on any atom is 0.250 e. The van der Waals surface area contributed by atoms with Crippen LogP contribution in [0.15, 0.2) is 24.3 Å². The molecule has 0 aromatic heterocycles. The Labute approximate surface area is 95.2 Å². The van der Waals surface area contributed by atoms with E-state index in [-0.39, 0.29) is 19.1 Å². The minimum atomic E-state index is -0.177. The summed E-state index contributed by atoms with van der Waals surface area (Å²) < 4.78 is 5.07. The molecule has 0 unspecified atom stereocenters. The van der Waals surface area contributed by atoms with Crippen molar-refractivity contribution in [2.45, 2.75) is 13.3 Å². The van der Waals surface area contributed by atoms with E-state index in [1.54, 1.807) is 0 Å². The molecule has 2 N–H and O–H groups in total. The zero-order valence-electron chi connectivity index (χ0n) is 9.40. The molecule has 0 aliphatic rings. The van der Waals surface area contributed by atoms with E-state index in [9.17, 15) is 4.79 Å². The Kier molecular flexibility index (Phi) is 5.53. The van der Waals surface area contributed by atoms with E-state index in [4.69, 9.17) is 9.84 Å². The standard InChI is InChI=1S/C12H17NO3/c1-10-4-2-5-11(8-10)13-12(15)9-16-7-3-6-14/h2,4-5,8,14H,3,6-7,9H2,1H3,(H,13,15). The minimum absolute atomic E-state index is 0.0218. The Morgan fingerprint density at radius 2 is 2.31 bits per heavy atom. The number of hydrogen-bond acceptors (Lipinski definition) is 3. The lowest BCUT2D eigenvalue weighted by Crippen LogP contribution is -2.18. The van der Waals surface area contributed by atoms with Gasteiger partial charge in [0.1, 0.15) is 6.61 Å². The molecule has 4 nitrogen and oxygen atoms in total. The maximum absolute atomic E-state index is 11.4. The molecule has 0 atom stereocenters. The highest BCUT2D eigenvalue weighted by Crippen LogP contribution is 2.08. The lowest BCUT2D eigenvalue weighted by Gasteiger charge is -2.06. The lowest BCUT2D eigenvalue weighted by molar-refractivity contribution is -0.120. The summed E-state index contributed by atoms with van der Waals surface area (Å²) in [6.07, 6.45) is 0.553. The number of carbonyl (C=O) groups excluding carboxylic acids is 1. The molecule has 0 aliphatic heterocycles. The van der Waals surface area contributed by atoms with Crippen LogP contribution in [0.2, 0.25) is 0 Å². The van der Waals surface area contributed by atoms with Crippen molar-refractivity contribution in [3.8, 4) is 0 Å². The van der Waals surface area contributed by atoms with Gasteiger partial charge < -0.3 is 15.2 Å². The predicted octanol–water partition coefficient (Wildman–Crippen LogP) is 1.33. The molecule has 0 spiro atoms. The van der Waals surface area contributed by atoms with Gasteiger partial charge in [-0.1, -0.05) is 12.1 Å². The summed E-state index contributed by atoms with van der Waals surface area (Å²) in [6, 6.07) is 7.58. The average molecular weight is 223 g/mol. The van der Waals surface area contributed by atoms with Crippen LogP contribution < -0.4 is 5.32 Å². The Morgan fingerprint density at radius 1 is 1.50 bits per heavy atom. The zero-order valence-corrected chi connectivity index (χ0v) is 9.40. The predicted molar refractivity (Wildman–Crippen MR) is 62.3 cm³/mol. The Morgan fingerprint density at radius 3 is 3.00 bits per heavy atom. The molecular weight excluding hydrogens is 206 g/mol. The molecule has 1 aromatic rings. The summed E-state index contributed by atoms with van der Waals surface area (Å²) in [5.74, 6) is -0.177. The third-order valence-electron chi connectivity index (χ3n) is 1.98. The Balaban J connectivity index is 2.29. The van der Waals surface area contributed by atoms with Gasteiger partial charge in [-0.25, -0.2) is 0 Å². The summed E-state index contributed by atoms with van der Waals surface area (Å²) in [7, 11) is 0. The first-order valence-corrected chi connectivity index (χ1v) is 5.27. The van der Waals surface area contributed by atoms with Gasteiger partial charge in [-0.2, -0.15) is 0 Å². The van der Waals surface area contributed by atoms with E-state index < -0.39 is 0 Å². The Bertz CT molecular complexity index is 339. The topological polar surface area (TPSA) is 58.6 Å². The van der Waals surface area contributed by atoms with Gasteiger partial charge in [0.25, 0.3) is 0 Å². The first-order chi connectivity index (χ1) is 7.72. The number of hydrogen-bond donors (Lipinski definition) is 2. The number of rotatable bonds is 6. The number of aliphatic hydroxyl groups is 1. The monoisotopic (exact) mass is 223 g/mol. The molecular formula is C12H17NO3. The van der Waals surface area contributed by atoms with Crippen molar-refractivity contribution in [3.05, 3.63) is 29.8 Å². The molecule has 1 amide bonds. The fourth-order valence-corrected chi connectivity index (χ4v) is 1.25. The number of anilines is 1. The van der Waals surface area contributed by atoms with E-state index in [1.165, 1.54) is 0 Å². The number of carbonyl (C=O) groups is 1. The smallest absolute Gasteiger partial charge is 0.250 e. The van der Waals surface area contributed by atoms with Crippen LogP contribution in [0.25, 0.3) is 0 Å². The van der Waals surface area contributed by atoms with Crippen molar-refractivity contribution in [1.82, 2.24) is 0 Å². The first-order valence-electron chi connectivity index (χ1n) is 5.27. The van der Waals surface area contributed by atoms with E-state index in [0.717, 1.165) is 11.3 Å². The highest BCUT2D eigenvalue weighted by molar-refractivity contribution is 5.91. The summed E-state index contributed by atoms with van der Waals surface area (Å²) in [6.45, 7) is 2.47. The van der Waals surface area contributed by atoms with E-state index in [1.807, 2.05) is 31.2 Å². The lowest BCUT2D eigenvalue weighted by atomic mass is 10.2. The van der Waals surface area contributed by atoms with Gasteiger partial charge in [0.2, 0.25) is 5.91 Å². The molecule has 0 fully saturated rings. The SMILES string of the molecule is Cc1cccc(NC(=O)COCCCO)c1. The second kappa shape index (κ2) is 6.98. The maximum atomic E-state index is 11.4. The van der Waals surface area contributed by atoms with Crippen LogP contribution in [0.4, 0.5) is 5.69 Å². The third kappa shape index (κ3) is 4.91. The van der Waals surface area contributed by atoms with Gasteiger partial charge in [-0.05, 0) is 31.0 Å². The molecule has 0 aliphatic carbocycles. The van der Waals surface area contributed by atoms with Gasteiger partial charge in [0.05, 0.1) is 0 Å². The third-order valence-corrected chi connectivity index (χ3v) is 1.98. The molecule has 16 heavy (non-hydrogen) atoms. The number of benzene rings is 1. The van der Waals surface area contributed by atoms with Crippen molar-refractivity contribution in [2.75, 3.05) is 25.1 Å². The molecule has 0 bridgehead atoms. The van der Waals surface area contributed by atoms with Crippen LogP contribution in [-0.2, 0) is 9.53 Å². The number of amides is 1. The van der Waals surface area contributed by atoms with Gasteiger partial charge in [-0.3, -0.25) is 4.79 Å². The normalized spacial score (nSPS) is 10.1. The quantitative estimate of drug-likeness (QED) is 0.715. The largest absolute Gasteiger partial charge is 0.396 e. The second-order valence-corrected chi connectivity index (χ2v) is 3.55. The van der Waals surface area contributed by atoms with E-state index >= 15 is 0 Å². The number of nitrogens with one attached hydrogen (secondary N) is 1. The number of ether oxygens (including phenoxy) is 1. The van der Waals surface area contributed by atoms with Gasteiger partial charge in [0.15, 0.2) is 0 Å². The highest BCUT2D eigenvalue weighted by Gasteiger charge is 2.01. The van der Waals surface area contributed by atoms with Crippen LogP contribution in [0.5, 0.6) is 0 Å². The van der Waals surface area contributed by atoms with Crippen LogP contribution >= 0.6 is 0 Å². The summed E-state index contributed by atoms with van der Waals surface area (Å²) in [4.78, 5) is 11.4. The molecule has 1 rings (SSSR count). The van der Waals surface area contributed by atoms with Gasteiger partial charge in [0, 0.05) is 18.9 Å². The Hall–Kier alpha value is -1.39. The number of aryl methyl sites for hydroxylation is 1. The minimum Gasteiger partial charge on any atom is -0.396 e. The molecule has 0 radical (unpaired) electrons. The summed E-state index contributed by atoms with van der Waals surface area (Å²) in [5.41, 5.74) is 1.87. The molecule has 0 saturated carbocycles. The zero-order chi connectivity index (χ0) is 11.8. The van der Waals surface area contributed by atoms with Crippen LogP contribution in [0.1, 0.15) is 12.0 Å². The van der Waals surface area contributed by atoms with Crippen LogP contribution in [0.3, 0.4) is 0 Å². The average Bonchev–Trinajstić information content (AvgIpc) is 2.24. The molecule has 4 heteroatoms. The fourth-order valence-electron chi connectivity index (χ4n) is 1.25. The molecule has 0 heterocycles. The molecule has 0 saturated heterocycles. The van der Waals surface area contributed by atoms with E-state index in [0.29, 0.717) is 13.0 Å². The van der Waals surface area contributed by atoms with E-state index in [2.05, 4.69) is 5.32 Å². The van der Waals surface area contributed by atoms with Crippen molar-refractivity contribution in [1.29, 1.82) is 0 Å². The molecule has 88 valence electrons. The first kappa shape index (κ1) is 12.7. The van der Waals surface area contributed by atoms with Crippen molar-refractivity contribution in [3.63, 3.8) is 0 Å². The second-order valence-electron chi connectivity index (χ2n) is 3.55. The van der Waals surface area contributed by atoms with Crippen molar-refractivity contribution in [2.24, 2.45) is 0 Å². The van der Waals surface area contributed by atoms with Crippen molar-refractivity contribution >= 4 is 11.6 Å². The van der Waals surface area contributed by atoms with Crippen LogP contribution in [0, 0.1) is 6.92 Å². The summed E-state index contributed by atoms with van der Waals surface area (Å²) in [5, 5.41) is 11.2. The van der Waals surface area contributed by atoms with Crippen molar-refractivity contribution < 1.29 is 14.6 Å². The fraction of sp³-hybridized carbons (Fsp3) is 0.417. The van der Waals surface area contributed by atoms with Gasteiger partial charge >= 0.3 is 0 Å². The number of aliphatic hydroxyl groups excluding tert-OH is 1. The van der Waals surface area contributed by atoms with Crippen LogP contribution in [-0.4, -0.2) is 30.8 Å². The highest BCUT2D eigenvalue weighted by atomic mass is 16.5. The van der Waals surface area contributed by atoms with Gasteiger partial charge in [-0.15, -0.1) is 0 Å². The molecule has 1 aromatic carbocycles. The summed E-state index contributed by atoms with van der Waals surface area (Å²) >= 11 is 0.